The molecule has 156 valence electrons. The highest BCUT2D eigenvalue weighted by Crippen LogP contribution is 2.14. The molecule has 1 amide bonds. The van der Waals surface area contributed by atoms with E-state index in [9.17, 15) is 13.2 Å². The topological polar surface area (TPSA) is 58.9 Å². The van der Waals surface area contributed by atoms with Gasteiger partial charge in [0.2, 0.25) is 5.91 Å². The van der Waals surface area contributed by atoms with Gasteiger partial charge in [-0.2, -0.15) is 0 Å². The smallest absolute Gasteiger partial charge is 0.224 e. The van der Waals surface area contributed by atoms with Crippen LogP contribution in [0, 0.1) is 0 Å². The minimum Gasteiger partial charge on any atom is -0.331 e. The predicted molar refractivity (Wildman–Crippen MR) is 115 cm³/mol. The lowest BCUT2D eigenvalue weighted by Crippen LogP contribution is -3.13. The van der Waals surface area contributed by atoms with Crippen molar-refractivity contribution in [3.63, 3.8) is 0 Å². The molecule has 6 heteroatoms. The molecule has 0 radical (unpaired) electrons. The first-order chi connectivity index (χ1) is 13.8. The Bertz CT molecular complexity index is 901. The summed E-state index contributed by atoms with van der Waals surface area (Å²) in [5.74, 6) is 0.340. The number of amides is 1. The summed E-state index contributed by atoms with van der Waals surface area (Å²) in [5, 5.41) is 0. The van der Waals surface area contributed by atoms with Gasteiger partial charge < -0.3 is 9.80 Å². The number of piperazine rings is 1. The molecule has 2 aromatic carbocycles. The molecule has 0 saturated carbocycles. The van der Waals surface area contributed by atoms with Gasteiger partial charge in [0, 0.05) is 12.0 Å². The Morgan fingerprint density at radius 2 is 1.62 bits per heavy atom. The lowest BCUT2D eigenvalue weighted by Gasteiger charge is -2.32. The number of carbonyl (C=O) groups is 1. The van der Waals surface area contributed by atoms with E-state index in [1.165, 1.54) is 16.0 Å². The van der Waals surface area contributed by atoms with E-state index in [1.807, 2.05) is 4.90 Å². The Kier molecular flexibility index (Phi) is 7.09. The van der Waals surface area contributed by atoms with E-state index in [4.69, 9.17) is 0 Å². The Hall–Kier alpha value is -2.18. The Labute approximate surface area is 174 Å². The van der Waals surface area contributed by atoms with Gasteiger partial charge in [-0.15, -0.1) is 0 Å². The third-order valence-electron chi connectivity index (χ3n) is 5.61. The summed E-state index contributed by atoms with van der Waals surface area (Å²) in [6.45, 7) is 8.51. The summed E-state index contributed by atoms with van der Waals surface area (Å²) in [4.78, 5) is 16.1. The van der Waals surface area contributed by atoms with Crippen LogP contribution in [0.1, 0.15) is 37.3 Å². The molecule has 1 N–H and O–H groups in total. The standard InChI is InChI=1S/C23H30N2O3S/c1-19(2)21-10-8-20(9-11-21)18-24-13-15-25(16-14-24)23(26)12-17-29(27,28)22-6-4-3-5-7-22/h3-11,19H,12-18H2,1-2H3/p+1. The molecule has 0 bridgehead atoms. The summed E-state index contributed by atoms with van der Waals surface area (Å²) in [5.41, 5.74) is 2.67. The fourth-order valence-electron chi connectivity index (χ4n) is 3.68. The monoisotopic (exact) mass is 415 g/mol. The second kappa shape index (κ2) is 9.55. The Morgan fingerprint density at radius 1 is 1.00 bits per heavy atom. The molecule has 1 aliphatic rings. The van der Waals surface area contributed by atoms with Gasteiger partial charge in [-0.05, 0) is 23.6 Å². The second-order valence-electron chi connectivity index (χ2n) is 8.09. The summed E-state index contributed by atoms with van der Waals surface area (Å²) in [7, 11) is -3.41. The number of rotatable bonds is 7. The SMILES string of the molecule is CC(C)c1ccc(C[NH+]2CCN(C(=O)CCS(=O)(=O)c3ccccc3)CC2)cc1. The highest BCUT2D eigenvalue weighted by Gasteiger charge is 2.25. The number of carbonyl (C=O) groups excluding carboxylic acids is 1. The average Bonchev–Trinajstić information content (AvgIpc) is 2.73. The molecule has 0 aliphatic carbocycles. The third kappa shape index (κ3) is 5.90. The predicted octanol–water partition coefficient (Wildman–Crippen LogP) is 1.90. The lowest BCUT2D eigenvalue weighted by atomic mass is 10.0. The summed E-state index contributed by atoms with van der Waals surface area (Å²) in [6.07, 6.45) is 0.0449. The summed E-state index contributed by atoms with van der Waals surface area (Å²) in [6, 6.07) is 17.2. The van der Waals surface area contributed by atoms with Gasteiger partial charge >= 0.3 is 0 Å². The number of nitrogens with one attached hydrogen (secondary N) is 1. The van der Waals surface area contributed by atoms with Gasteiger partial charge in [-0.25, -0.2) is 8.42 Å². The van der Waals surface area contributed by atoms with Crippen LogP contribution in [-0.4, -0.2) is 51.2 Å². The number of hydrogen-bond donors (Lipinski definition) is 1. The zero-order valence-electron chi connectivity index (χ0n) is 17.3. The van der Waals surface area contributed by atoms with Gasteiger partial charge in [-0.1, -0.05) is 56.3 Å². The van der Waals surface area contributed by atoms with Crippen molar-refractivity contribution in [1.82, 2.24) is 4.90 Å². The van der Waals surface area contributed by atoms with Crippen LogP contribution < -0.4 is 4.90 Å². The molecular weight excluding hydrogens is 384 g/mol. The van der Waals surface area contributed by atoms with Crippen LogP contribution in [0.15, 0.2) is 59.5 Å². The molecular formula is C23H31N2O3S+. The fraction of sp³-hybridized carbons (Fsp3) is 0.435. The van der Waals surface area contributed by atoms with Crippen molar-refractivity contribution < 1.29 is 18.1 Å². The van der Waals surface area contributed by atoms with Crippen LogP contribution in [-0.2, 0) is 21.2 Å². The lowest BCUT2D eigenvalue weighted by molar-refractivity contribution is -0.917. The Balaban J connectivity index is 1.46. The summed E-state index contributed by atoms with van der Waals surface area (Å²) >= 11 is 0. The maximum absolute atomic E-state index is 12.5. The van der Waals surface area contributed by atoms with Crippen molar-refractivity contribution in [2.45, 2.75) is 37.6 Å². The van der Waals surface area contributed by atoms with Crippen molar-refractivity contribution in [2.75, 3.05) is 31.9 Å². The Morgan fingerprint density at radius 3 is 2.21 bits per heavy atom. The second-order valence-corrected chi connectivity index (χ2v) is 10.2. The minimum atomic E-state index is -3.41. The minimum absolute atomic E-state index is 0.0449. The van der Waals surface area contributed by atoms with Crippen molar-refractivity contribution in [3.8, 4) is 0 Å². The van der Waals surface area contributed by atoms with E-state index in [2.05, 4.69) is 38.1 Å². The maximum atomic E-state index is 12.5. The molecule has 29 heavy (non-hydrogen) atoms. The van der Waals surface area contributed by atoms with E-state index in [0.29, 0.717) is 19.0 Å². The molecule has 1 heterocycles. The molecule has 0 spiro atoms. The van der Waals surface area contributed by atoms with Crippen molar-refractivity contribution in [3.05, 3.63) is 65.7 Å². The van der Waals surface area contributed by atoms with Crippen molar-refractivity contribution >= 4 is 15.7 Å². The van der Waals surface area contributed by atoms with Crippen LogP contribution >= 0.6 is 0 Å². The molecule has 2 aromatic rings. The van der Waals surface area contributed by atoms with Crippen molar-refractivity contribution in [2.24, 2.45) is 0 Å². The third-order valence-corrected chi connectivity index (χ3v) is 7.34. The zero-order valence-corrected chi connectivity index (χ0v) is 18.1. The highest BCUT2D eigenvalue weighted by molar-refractivity contribution is 7.91. The molecule has 1 aliphatic heterocycles. The fourth-order valence-corrected chi connectivity index (χ4v) is 4.93. The van der Waals surface area contributed by atoms with Crippen LogP contribution in [0.2, 0.25) is 0 Å². The van der Waals surface area contributed by atoms with E-state index < -0.39 is 9.84 Å². The number of quaternary nitrogens is 1. The van der Waals surface area contributed by atoms with Crippen LogP contribution in [0.25, 0.3) is 0 Å². The molecule has 5 nitrogen and oxygen atoms in total. The average molecular weight is 416 g/mol. The van der Waals surface area contributed by atoms with Gasteiger partial charge in [-0.3, -0.25) is 4.79 Å². The van der Waals surface area contributed by atoms with E-state index in [-0.39, 0.29) is 23.0 Å². The largest absolute Gasteiger partial charge is 0.331 e. The molecule has 0 aromatic heterocycles. The van der Waals surface area contributed by atoms with Gasteiger partial charge in [0.05, 0.1) is 36.8 Å². The summed E-state index contributed by atoms with van der Waals surface area (Å²) < 4.78 is 24.7. The quantitative estimate of drug-likeness (QED) is 0.752. The number of hydrogen-bond acceptors (Lipinski definition) is 3. The number of benzene rings is 2. The number of nitrogens with zero attached hydrogens (tertiary/aromatic N) is 1. The molecule has 0 unspecified atom stereocenters. The van der Waals surface area contributed by atoms with E-state index in [1.54, 1.807) is 30.3 Å². The molecule has 3 rings (SSSR count). The first kappa shape index (κ1) is 21.5. The van der Waals surface area contributed by atoms with Crippen molar-refractivity contribution in [1.29, 1.82) is 0 Å². The zero-order chi connectivity index (χ0) is 20.9. The highest BCUT2D eigenvalue weighted by atomic mass is 32.2. The van der Waals surface area contributed by atoms with E-state index >= 15 is 0 Å². The van der Waals surface area contributed by atoms with Gasteiger partial charge in [0.25, 0.3) is 0 Å². The van der Waals surface area contributed by atoms with E-state index in [0.717, 1.165) is 19.6 Å². The first-order valence-electron chi connectivity index (χ1n) is 10.3. The molecule has 1 saturated heterocycles. The van der Waals surface area contributed by atoms with Gasteiger partial charge in [0.1, 0.15) is 6.54 Å². The van der Waals surface area contributed by atoms with Crippen LogP contribution in [0.3, 0.4) is 0 Å². The molecule has 0 atom stereocenters. The number of sulfone groups is 1. The first-order valence-corrected chi connectivity index (χ1v) is 12.0. The maximum Gasteiger partial charge on any atom is 0.224 e. The normalized spacial score (nSPS) is 15.6. The van der Waals surface area contributed by atoms with Crippen LogP contribution in [0.5, 0.6) is 0 Å². The van der Waals surface area contributed by atoms with Crippen LogP contribution in [0.4, 0.5) is 0 Å². The molecule has 1 fully saturated rings. The van der Waals surface area contributed by atoms with Gasteiger partial charge in [0.15, 0.2) is 9.84 Å².